The fourth-order valence-electron chi connectivity index (χ4n) is 1.58. The number of halogens is 1. The highest BCUT2D eigenvalue weighted by Gasteiger charge is 2.43. The maximum absolute atomic E-state index is 11.8. The van der Waals surface area contributed by atoms with E-state index in [1.165, 1.54) is 6.92 Å². The Bertz CT molecular complexity index is 458. The molecule has 0 aromatic heterocycles. The lowest BCUT2D eigenvalue weighted by molar-refractivity contribution is -0.167. The van der Waals surface area contributed by atoms with Crippen molar-refractivity contribution in [2.24, 2.45) is 5.41 Å². The second-order valence-electron chi connectivity index (χ2n) is 4.16. The fraction of sp³-hybridized carbons (Fsp3) is 0.385. The van der Waals surface area contributed by atoms with E-state index in [-0.39, 0.29) is 13.0 Å². The molecule has 1 aromatic carbocycles. The van der Waals surface area contributed by atoms with Gasteiger partial charge in [-0.2, -0.15) is 0 Å². The fourth-order valence-corrected chi connectivity index (χ4v) is 2.03. The van der Waals surface area contributed by atoms with Crippen LogP contribution in [-0.4, -0.2) is 23.7 Å². The van der Waals surface area contributed by atoms with Crippen LogP contribution in [0.25, 0.3) is 0 Å². The van der Waals surface area contributed by atoms with E-state index in [0.717, 1.165) is 10.0 Å². The van der Waals surface area contributed by atoms with Gasteiger partial charge in [0.15, 0.2) is 5.41 Å². The number of hydrogen-bond acceptors (Lipinski definition) is 3. The van der Waals surface area contributed by atoms with Crippen LogP contribution in [0.4, 0.5) is 0 Å². The summed E-state index contributed by atoms with van der Waals surface area (Å²) in [7, 11) is 0. The van der Waals surface area contributed by atoms with Crippen LogP contribution in [0.3, 0.4) is 0 Å². The Morgan fingerprint density at radius 3 is 2.61 bits per heavy atom. The Morgan fingerprint density at radius 1 is 1.44 bits per heavy atom. The first-order chi connectivity index (χ1) is 8.40. The Labute approximate surface area is 114 Å². The molecule has 0 fully saturated rings. The van der Waals surface area contributed by atoms with E-state index in [1.807, 2.05) is 6.07 Å². The largest absolute Gasteiger partial charge is 0.480 e. The van der Waals surface area contributed by atoms with Gasteiger partial charge >= 0.3 is 11.9 Å². The summed E-state index contributed by atoms with van der Waals surface area (Å²) in [4.78, 5) is 23.1. The molecule has 1 rings (SSSR count). The van der Waals surface area contributed by atoms with Crippen molar-refractivity contribution in [2.45, 2.75) is 20.3 Å². The summed E-state index contributed by atoms with van der Waals surface area (Å²) >= 11 is 3.31. The summed E-state index contributed by atoms with van der Waals surface area (Å²) in [5, 5.41) is 9.25. The number of carboxylic acid groups (broad SMARTS) is 1. The molecule has 4 nitrogen and oxygen atoms in total. The topological polar surface area (TPSA) is 63.6 Å². The summed E-state index contributed by atoms with van der Waals surface area (Å²) in [6.45, 7) is 3.20. The van der Waals surface area contributed by atoms with Gasteiger partial charge in [0.1, 0.15) is 0 Å². The third-order valence-electron chi connectivity index (χ3n) is 2.64. The van der Waals surface area contributed by atoms with Crippen molar-refractivity contribution in [3.8, 4) is 0 Å². The van der Waals surface area contributed by atoms with E-state index in [4.69, 9.17) is 4.74 Å². The van der Waals surface area contributed by atoms with E-state index in [0.29, 0.717) is 0 Å². The average molecular weight is 315 g/mol. The maximum atomic E-state index is 11.8. The second-order valence-corrected chi connectivity index (χ2v) is 5.08. The number of carbonyl (C=O) groups is 2. The summed E-state index contributed by atoms with van der Waals surface area (Å²) in [6.07, 6.45) is 0.0978. The molecule has 0 bridgehead atoms. The van der Waals surface area contributed by atoms with Crippen LogP contribution in [0, 0.1) is 5.41 Å². The van der Waals surface area contributed by atoms with Crippen LogP contribution in [0.2, 0.25) is 0 Å². The molecule has 0 saturated carbocycles. The van der Waals surface area contributed by atoms with Crippen LogP contribution >= 0.6 is 15.9 Å². The Hall–Kier alpha value is -1.36. The maximum Gasteiger partial charge on any atom is 0.323 e. The highest BCUT2D eigenvalue weighted by atomic mass is 79.9. The molecule has 5 heteroatoms. The van der Waals surface area contributed by atoms with Gasteiger partial charge in [0.05, 0.1) is 6.61 Å². The van der Waals surface area contributed by atoms with Crippen LogP contribution in [0.5, 0.6) is 0 Å². The summed E-state index contributed by atoms with van der Waals surface area (Å²) in [6, 6.07) is 7.21. The number of aliphatic carboxylic acids is 1. The van der Waals surface area contributed by atoms with Gasteiger partial charge < -0.3 is 9.84 Å². The first-order valence-electron chi connectivity index (χ1n) is 5.55. The van der Waals surface area contributed by atoms with Crippen molar-refractivity contribution in [2.75, 3.05) is 6.61 Å². The number of esters is 1. The van der Waals surface area contributed by atoms with Gasteiger partial charge in [0, 0.05) is 4.47 Å². The summed E-state index contributed by atoms with van der Waals surface area (Å²) in [5.74, 6) is -1.89. The van der Waals surface area contributed by atoms with Gasteiger partial charge in [0.25, 0.3) is 0 Å². The molecule has 18 heavy (non-hydrogen) atoms. The molecular formula is C13H15BrO4. The highest BCUT2D eigenvalue weighted by Crippen LogP contribution is 2.26. The second kappa shape index (κ2) is 6.00. The number of hydrogen-bond donors (Lipinski definition) is 1. The first-order valence-corrected chi connectivity index (χ1v) is 6.34. The van der Waals surface area contributed by atoms with Crippen LogP contribution in [-0.2, 0) is 20.7 Å². The Morgan fingerprint density at radius 2 is 2.11 bits per heavy atom. The molecule has 0 aliphatic carbocycles. The van der Waals surface area contributed by atoms with Crippen LogP contribution in [0.1, 0.15) is 19.4 Å². The third-order valence-corrected chi connectivity index (χ3v) is 3.14. The van der Waals surface area contributed by atoms with Crippen molar-refractivity contribution in [3.05, 3.63) is 34.3 Å². The Balaban J connectivity index is 3.00. The number of carbonyl (C=O) groups excluding carboxylic acids is 1. The minimum atomic E-state index is -1.56. The van der Waals surface area contributed by atoms with E-state index >= 15 is 0 Å². The molecule has 0 aliphatic rings. The molecular weight excluding hydrogens is 300 g/mol. The molecule has 0 saturated heterocycles. The van der Waals surface area contributed by atoms with Gasteiger partial charge in [-0.25, -0.2) is 0 Å². The van der Waals surface area contributed by atoms with Gasteiger partial charge in [-0.15, -0.1) is 0 Å². The smallest absolute Gasteiger partial charge is 0.323 e. The summed E-state index contributed by atoms with van der Waals surface area (Å²) < 4.78 is 5.68. The molecule has 98 valence electrons. The Kier molecular flexibility index (Phi) is 4.90. The molecule has 0 spiro atoms. The first kappa shape index (κ1) is 14.7. The normalized spacial score (nSPS) is 13.7. The molecule has 0 amide bonds. The minimum absolute atomic E-state index is 0.0978. The third kappa shape index (κ3) is 3.32. The van der Waals surface area contributed by atoms with Crippen molar-refractivity contribution < 1.29 is 19.4 Å². The van der Waals surface area contributed by atoms with Gasteiger partial charge in [0.2, 0.25) is 0 Å². The lowest BCUT2D eigenvalue weighted by atomic mass is 9.83. The van der Waals surface area contributed by atoms with Crippen molar-refractivity contribution >= 4 is 27.9 Å². The minimum Gasteiger partial charge on any atom is -0.480 e. The quantitative estimate of drug-likeness (QED) is 0.670. The SMILES string of the molecule is CCOC(=O)C(C)(Cc1cccc(Br)c1)C(=O)O. The number of benzene rings is 1. The predicted octanol–water partition coefficient (Wildman–Crippen LogP) is 2.65. The number of rotatable bonds is 5. The van der Waals surface area contributed by atoms with Crippen LogP contribution < -0.4 is 0 Å². The molecule has 1 aromatic rings. The molecule has 1 unspecified atom stereocenters. The van der Waals surface area contributed by atoms with E-state index in [1.54, 1.807) is 25.1 Å². The molecule has 0 radical (unpaired) electrons. The van der Waals surface area contributed by atoms with Crippen LogP contribution in [0.15, 0.2) is 28.7 Å². The highest BCUT2D eigenvalue weighted by molar-refractivity contribution is 9.10. The molecule has 1 N–H and O–H groups in total. The lowest BCUT2D eigenvalue weighted by Crippen LogP contribution is -2.40. The van der Waals surface area contributed by atoms with Gasteiger partial charge in [-0.1, -0.05) is 28.1 Å². The summed E-state index contributed by atoms with van der Waals surface area (Å²) in [5.41, 5.74) is -0.793. The standard InChI is InChI=1S/C13H15BrO4/c1-3-18-12(17)13(2,11(15)16)8-9-5-4-6-10(14)7-9/h4-7H,3,8H2,1-2H3,(H,15,16). The molecule has 0 aliphatic heterocycles. The van der Waals surface area contributed by atoms with Crippen molar-refractivity contribution in [1.29, 1.82) is 0 Å². The predicted molar refractivity (Wildman–Crippen MR) is 70.2 cm³/mol. The van der Waals surface area contributed by atoms with Crippen molar-refractivity contribution in [3.63, 3.8) is 0 Å². The zero-order valence-electron chi connectivity index (χ0n) is 10.3. The van der Waals surface area contributed by atoms with Gasteiger partial charge in [-0.3, -0.25) is 9.59 Å². The van der Waals surface area contributed by atoms with E-state index in [9.17, 15) is 14.7 Å². The number of ether oxygens (including phenoxy) is 1. The number of carboxylic acids is 1. The van der Waals surface area contributed by atoms with Gasteiger partial charge in [-0.05, 0) is 38.0 Å². The monoisotopic (exact) mass is 314 g/mol. The zero-order chi connectivity index (χ0) is 13.8. The van der Waals surface area contributed by atoms with E-state index in [2.05, 4.69) is 15.9 Å². The van der Waals surface area contributed by atoms with E-state index < -0.39 is 17.4 Å². The lowest BCUT2D eigenvalue weighted by Gasteiger charge is -2.22. The average Bonchev–Trinajstić information content (AvgIpc) is 2.28. The zero-order valence-corrected chi connectivity index (χ0v) is 11.9. The van der Waals surface area contributed by atoms with Crippen molar-refractivity contribution in [1.82, 2.24) is 0 Å². The molecule has 1 atom stereocenters. The molecule has 0 heterocycles.